The Morgan fingerprint density at radius 3 is 2.56 bits per heavy atom. The summed E-state index contributed by atoms with van der Waals surface area (Å²) >= 11 is 1.40. The van der Waals surface area contributed by atoms with Crippen LogP contribution < -0.4 is 9.46 Å². The lowest BCUT2D eigenvalue weighted by Gasteiger charge is -2.36. The van der Waals surface area contributed by atoms with Gasteiger partial charge in [0.1, 0.15) is 6.10 Å². The molecular weight excluding hydrogens is 506 g/mol. The summed E-state index contributed by atoms with van der Waals surface area (Å²) in [4.78, 5) is 28.6. The molecule has 206 valence electrons. The Morgan fingerprint density at radius 1 is 1.03 bits per heavy atom. The average molecular weight is 546 g/mol. The maximum atomic E-state index is 13.6. The van der Waals surface area contributed by atoms with Gasteiger partial charge >= 0.3 is 0 Å². The average Bonchev–Trinajstić information content (AvgIpc) is 2.87. The highest BCUT2D eigenvalue weighted by Gasteiger charge is 2.28. The molecule has 6 bridgehead atoms. The highest BCUT2D eigenvalue weighted by molar-refractivity contribution is 8.00. The van der Waals surface area contributed by atoms with Crippen molar-refractivity contribution in [2.75, 3.05) is 37.4 Å². The van der Waals surface area contributed by atoms with Crippen LogP contribution in [0, 0.1) is 19.3 Å². The van der Waals surface area contributed by atoms with Gasteiger partial charge in [-0.05, 0) is 86.5 Å². The molecule has 5 rings (SSSR count). The van der Waals surface area contributed by atoms with Crippen LogP contribution in [0.1, 0.15) is 55.1 Å². The van der Waals surface area contributed by atoms with E-state index in [2.05, 4.69) is 62.4 Å². The fourth-order valence-corrected chi connectivity index (χ4v) is 5.88. The van der Waals surface area contributed by atoms with E-state index in [0.717, 1.165) is 59.8 Å². The first-order chi connectivity index (χ1) is 18.6. The summed E-state index contributed by atoms with van der Waals surface area (Å²) in [6.07, 6.45) is 1.82. The second-order valence-electron chi connectivity index (χ2n) is 11.9. The molecule has 3 aromatic rings. The van der Waals surface area contributed by atoms with Gasteiger partial charge in [0.2, 0.25) is 11.8 Å². The van der Waals surface area contributed by atoms with Gasteiger partial charge in [-0.3, -0.25) is 14.4 Å². The number of amides is 1. The third kappa shape index (κ3) is 6.92. The van der Waals surface area contributed by atoms with Crippen LogP contribution in [-0.4, -0.2) is 64.5 Å². The molecule has 8 heteroatoms. The van der Waals surface area contributed by atoms with Crippen molar-refractivity contribution in [1.29, 1.82) is 0 Å². The smallest absolute Gasteiger partial charge is 0.254 e. The molecule has 39 heavy (non-hydrogen) atoms. The van der Waals surface area contributed by atoms with E-state index in [1.54, 1.807) is 0 Å². The van der Waals surface area contributed by atoms with Crippen molar-refractivity contribution >= 4 is 23.8 Å². The number of aromatic nitrogens is 2. The molecule has 1 unspecified atom stereocenters. The van der Waals surface area contributed by atoms with Gasteiger partial charge in [-0.25, -0.2) is 4.98 Å². The predicted molar refractivity (Wildman–Crippen MR) is 158 cm³/mol. The number of nitrogens with one attached hydrogen (secondary N) is 1. The molecule has 1 aromatic heterocycles. The Labute approximate surface area is 236 Å². The van der Waals surface area contributed by atoms with Gasteiger partial charge in [-0.15, -0.1) is 0 Å². The number of aryl methyl sites for hydroxylation is 2. The predicted octanol–water partition coefficient (Wildman–Crippen LogP) is 6.22. The van der Waals surface area contributed by atoms with E-state index < -0.39 is 0 Å². The number of carbonyl (C=O) groups is 1. The Bertz CT molecular complexity index is 1320. The highest BCUT2D eigenvalue weighted by atomic mass is 32.2. The van der Waals surface area contributed by atoms with Crippen LogP contribution in [0.15, 0.2) is 53.4 Å². The van der Waals surface area contributed by atoms with Gasteiger partial charge in [0.25, 0.3) is 5.91 Å². The lowest BCUT2D eigenvalue weighted by atomic mass is 9.92. The lowest BCUT2D eigenvalue weighted by molar-refractivity contribution is 0.0469. The normalized spacial score (nSPS) is 18.5. The monoisotopic (exact) mass is 545 g/mol. The molecule has 0 saturated carbocycles. The number of hydrogen-bond acceptors (Lipinski definition) is 7. The van der Waals surface area contributed by atoms with Crippen molar-refractivity contribution in [3.8, 4) is 17.1 Å². The number of nitrogens with zero attached hydrogens (tertiary/aromatic N) is 4. The summed E-state index contributed by atoms with van der Waals surface area (Å²) in [6, 6.07) is 16.0. The molecule has 0 spiro atoms. The summed E-state index contributed by atoms with van der Waals surface area (Å²) in [5.41, 5.74) is 5.16. The molecule has 2 aliphatic rings. The number of ether oxygens (including phenoxy) is 1. The zero-order chi connectivity index (χ0) is 27.6. The van der Waals surface area contributed by atoms with Crippen molar-refractivity contribution < 1.29 is 9.53 Å². The Morgan fingerprint density at radius 2 is 1.79 bits per heavy atom. The number of benzene rings is 2. The van der Waals surface area contributed by atoms with E-state index in [4.69, 9.17) is 14.7 Å². The topological polar surface area (TPSA) is 70.6 Å². The van der Waals surface area contributed by atoms with Crippen molar-refractivity contribution in [2.24, 2.45) is 5.41 Å². The van der Waals surface area contributed by atoms with Crippen LogP contribution in [-0.2, 0) is 0 Å². The molecular formula is C31H39N5O2S. The summed E-state index contributed by atoms with van der Waals surface area (Å²) in [6.45, 7) is 14.9. The van der Waals surface area contributed by atoms with Crippen LogP contribution in [0.25, 0.3) is 11.3 Å². The minimum atomic E-state index is -0.223. The zero-order valence-corrected chi connectivity index (χ0v) is 24.5. The molecule has 1 saturated heterocycles. The van der Waals surface area contributed by atoms with Gasteiger partial charge in [0.15, 0.2) is 0 Å². The minimum absolute atomic E-state index is 0.0439. The third-order valence-corrected chi connectivity index (χ3v) is 8.10. The number of anilines is 1. The zero-order valence-electron chi connectivity index (χ0n) is 23.7. The number of hydrogen-bond donors (Lipinski definition) is 1. The van der Waals surface area contributed by atoms with Gasteiger partial charge in [0.05, 0.1) is 12.2 Å². The van der Waals surface area contributed by atoms with E-state index in [-0.39, 0.29) is 17.4 Å². The Hall–Kier alpha value is -3.10. The summed E-state index contributed by atoms with van der Waals surface area (Å²) in [5.74, 6) is 1.05. The molecule has 0 aliphatic carbocycles. The molecule has 2 aliphatic heterocycles. The first kappa shape index (κ1) is 27.5. The molecule has 1 amide bonds. The van der Waals surface area contributed by atoms with E-state index >= 15 is 0 Å². The minimum Gasteiger partial charge on any atom is -0.471 e. The van der Waals surface area contributed by atoms with E-state index in [1.807, 2.05) is 35.2 Å². The van der Waals surface area contributed by atoms with Crippen molar-refractivity contribution in [3.05, 3.63) is 65.2 Å². The summed E-state index contributed by atoms with van der Waals surface area (Å²) < 4.78 is 9.96. The van der Waals surface area contributed by atoms with Crippen molar-refractivity contribution in [3.63, 3.8) is 0 Å². The van der Waals surface area contributed by atoms with Gasteiger partial charge < -0.3 is 9.64 Å². The molecule has 3 heterocycles. The first-order valence-electron chi connectivity index (χ1n) is 13.8. The lowest BCUT2D eigenvalue weighted by Crippen LogP contribution is -2.49. The maximum Gasteiger partial charge on any atom is 0.254 e. The summed E-state index contributed by atoms with van der Waals surface area (Å²) in [5, 5.41) is 0. The van der Waals surface area contributed by atoms with Gasteiger partial charge in [-0.1, -0.05) is 45.0 Å². The molecule has 0 radical (unpaired) electrons. The van der Waals surface area contributed by atoms with E-state index in [1.165, 1.54) is 11.9 Å². The number of fused-ring (bicyclic) bond motifs is 6. The fourth-order valence-electron chi connectivity index (χ4n) is 5.24. The molecule has 1 N–H and O–H groups in total. The van der Waals surface area contributed by atoms with Crippen molar-refractivity contribution in [2.45, 2.75) is 58.5 Å². The SMILES string of the molecule is Cc1cccc(C)c1-c1cc2nc(n1)NSc1cccc(c1)C(=O)N1CCCN(CCC(C)(C)C)CC(C1)O2. The largest absolute Gasteiger partial charge is 0.471 e. The maximum absolute atomic E-state index is 13.6. The van der Waals surface area contributed by atoms with Crippen LogP contribution in [0.5, 0.6) is 5.88 Å². The standard InChI is InChI=1S/C31H39N5O2S/c1-21-9-6-10-22(2)28(21)26-18-27-33-30(32-26)34-39-25-12-7-11-23(17-25)29(37)36-15-8-14-35(16-13-31(3,4)5)19-24(20-36)38-27/h6-7,9-12,17-18,24H,8,13-16,19-20H2,1-5H3,(H,32,33,34). The van der Waals surface area contributed by atoms with Crippen molar-refractivity contribution in [1.82, 2.24) is 19.8 Å². The first-order valence-corrected chi connectivity index (χ1v) is 14.6. The van der Waals surface area contributed by atoms with E-state index in [9.17, 15) is 4.79 Å². The number of carbonyl (C=O) groups excluding carboxylic acids is 1. The third-order valence-electron chi connectivity index (χ3n) is 7.32. The molecule has 7 nitrogen and oxygen atoms in total. The van der Waals surface area contributed by atoms with Gasteiger partial charge in [-0.2, -0.15) is 4.98 Å². The quantitative estimate of drug-likeness (QED) is 0.392. The van der Waals surface area contributed by atoms with E-state index in [0.29, 0.717) is 30.5 Å². The molecule has 1 fully saturated rings. The van der Waals surface area contributed by atoms with Gasteiger partial charge in [0, 0.05) is 35.2 Å². The Kier molecular flexibility index (Phi) is 8.14. The molecule has 2 aromatic carbocycles. The van der Waals surface area contributed by atoms with Crippen LogP contribution in [0.2, 0.25) is 0 Å². The summed E-state index contributed by atoms with van der Waals surface area (Å²) in [7, 11) is 0. The van der Waals surface area contributed by atoms with Crippen LogP contribution >= 0.6 is 11.9 Å². The second-order valence-corrected chi connectivity index (χ2v) is 12.7. The second kappa shape index (κ2) is 11.6. The Balaban J connectivity index is 1.54. The fraction of sp³-hybridized carbons (Fsp3) is 0.452. The highest BCUT2D eigenvalue weighted by Crippen LogP contribution is 2.31. The van der Waals surface area contributed by atoms with Crippen LogP contribution in [0.3, 0.4) is 0 Å². The van der Waals surface area contributed by atoms with Crippen LogP contribution in [0.4, 0.5) is 5.95 Å². The number of rotatable bonds is 3. The molecule has 1 atom stereocenters.